The molecule has 310 valence electrons. The lowest BCUT2D eigenvalue weighted by Gasteiger charge is -2.43. The Morgan fingerprint density at radius 2 is 0.785 bits per heavy atom. The van der Waals surface area contributed by atoms with Crippen LogP contribution >= 0.6 is 0 Å². The Hall–Kier alpha value is -8.14. The Labute approximate surface area is 380 Å². The number of para-hydroxylation sites is 1. The lowest BCUT2D eigenvalue weighted by Crippen LogP contribution is -2.31. The third-order valence-corrected chi connectivity index (χ3v) is 13.5. The maximum Gasteiger partial charge on any atom is 0.0504 e. The number of rotatable bonds is 7. The molecular formula is C62H47N3. The van der Waals surface area contributed by atoms with E-state index < -0.39 is 5.41 Å². The van der Waals surface area contributed by atoms with Crippen LogP contribution in [0.4, 0.5) is 45.5 Å². The van der Waals surface area contributed by atoms with Crippen molar-refractivity contribution in [2.45, 2.75) is 25.7 Å². The van der Waals surface area contributed by atoms with Gasteiger partial charge in [-0.15, -0.1) is 0 Å². The van der Waals surface area contributed by atoms with Crippen molar-refractivity contribution in [2.24, 2.45) is 0 Å². The number of nitrogens with zero attached hydrogens (tertiary/aromatic N) is 3. The summed E-state index contributed by atoms with van der Waals surface area (Å²) in [6.45, 7) is 4.80. The molecule has 10 aromatic rings. The minimum Gasteiger partial charge on any atom is -0.311 e. The number of hydrogen-bond acceptors (Lipinski definition) is 3. The Balaban J connectivity index is 1.06. The summed E-state index contributed by atoms with van der Waals surface area (Å²) in [6, 6.07) is 80.2. The van der Waals surface area contributed by atoms with E-state index in [1.165, 1.54) is 65.3 Å². The Morgan fingerprint density at radius 3 is 1.32 bits per heavy atom. The molecule has 2 aliphatic rings. The Bertz CT molecular complexity index is 3560. The summed E-state index contributed by atoms with van der Waals surface area (Å²) in [5.74, 6) is 0. The highest BCUT2D eigenvalue weighted by Crippen LogP contribution is 2.55. The molecule has 0 saturated heterocycles. The van der Waals surface area contributed by atoms with E-state index in [0.29, 0.717) is 0 Å². The van der Waals surface area contributed by atoms with Crippen molar-refractivity contribution >= 4 is 90.0 Å². The van der Waals surface area contributed by atoms with Crippen molar-refractivity contribution in [3.8, 4) is 0 Å². The van der Waals surface area contributed by atoms with Gasteiger partial charge in [-0.3, -0.25) is 0 Å². The second kappa shape index (κ2) is 15.6. The number of benzene rings is 10. The number of hydrogen-bond donors (Lipinski definition) is 0. The predicted octanol–water partition coefficient (Wildman–Crippen LogP) is 15.4. The van der Waals surface area contributed by atoms with Gasteiger partial charge in [-0.2, -0.15) is 0 Å². The maximum absolute atomic E-state index is 2.46. The molecule has 0 spiro atoms. The van der Waals surface area contributed by atoms with Crippen LogP contribution in [0.15, 0.2) is 230 Å². The zero-order chi connectivity index (χ0) is 43.5. The topological polar surface area (TPSA) is 9.72 Å². The minimum absolute atomic E-state index is 0.391. The molecule has 0 fully saturated rings. The standard InChI is InChI=1S/C62H47N3/c1-62(2)58-41-56(63(53-30-27-44-16-7-11-20-48(44)38-53)52-26-14-23-43-15-6-10-19-47(43)37-52)33-35-60(58)65(51-24-4-3-5-25-51)61-36-34-57(42-59(61)62)64(54-31-28-45-17-8-12-21-49(45)39-54)55-32-29-46-18-9-13-22-50(46)40-55/h3-13,15-42H,14H2,1-2H3. The number of anilines is 8. The summed E-state index contributed by atoms with van der Waals surface area (Å²) in [6.07, 6.45) is 7.89. The third kappa shape index (κ3) is 6.76. The van der Waals surface area contributed by atoms with Crippen LogP contribution in [0.1, 0.15) is 31.4 Å². The highest BCUT2D eigenvalue weighted by molar-refractivity contribution is 5.95. The molecule has 0 radical (unpaired) electrons. The van der Waals surface area contributed by atoms with Crippen molar-refractivity contribution in [1.29, 1.82) is 0 Å². The smallest absolute Gasteiger partial charge is 0.0504 e. The van der Waals surface area contributed by atoms with E-state index >= 15 is 0 Å². The molecule has 0 amide bonds. The molecule has 1 aliphatic carbocycles. The first-order chi connectivity index (χ1) is 32.0. The molecule has 65 heavy (non-hydrogen) atoms. The molecule has 3 heteroatoms. The molecule has 0 saturated carbocycles. The van der Waals surface area contributed by atoms with E-state index in [0.717, 1.165) is 46.2 Å². The predicted molar refractivity (Wildman–Crippen MR) is 276 cm³/mol. The highest BCUT2D eigenvalue weighted by atomic mass is 15.2. The fourth-order valence-corrected chi connectivity index (χ4v) is 10.2. The number of allylic oxidation sites excluding steroid dienone is 2. The van der Waals surface area contributed by atoms with E-state index in [9.17, 15) is 0 Å². The van der Waals surface area contributed by atoms with Gasteiger partial charge in [0.25, 0.3) is 0 Å². The van der Waals surface area contributed by atoms with Gasteiger partial charge < -0.3 is 14.7 Å². The average Bonchev–Trinajstić information content (AvgIpc) is 3.57. The molecule has 12 rings (SSSR count). The Kier molecular flexibility index (Phi) is 9.24. The molecule has 0 N–H and O–H groups in total. The first-order valence-corrected chi connectivity index (χ1v) is 22.6. The van der Waals surface area contributed by atoms with E-state index in [-0.39, 0.29) is 0 Å². The van der Waals surface area contributed by atoms with Crippen LogP contribution in [0.5, 0.6) is 0 Å². The molecule has 0 aromatic heterocycles. The van der Waals surface area contributed by atoms with Gasteiger partial charge in [-0.05, 0) is 151 Å². The fraction of sp³-hybridized carbons (Fsp3) is 0.0645. The molecule has 1 aliphatic heterocycles. The third-order valence-electron chi connectivity index (χ3n) is 13.5. The maximum atomic E-state index is 2.46. The summed E-state index contributed by atoms with van der Waals surface area (Å²) < 4.78 is 0. The zero-order valence-corrected chi connectivity index (χ0v) is 36.6. The zero-order valence-electron chi connectivity index (χ0n) is 36.6. The molecule has 3 nitrogen and oxygen atoms in total. The van der Waals surface area contributed by atoms with Crippen LogP contribution in [-0.4, -0.2) is 0 Å². The highest BCUT2D eigenvalue weighted by Gasteiger charge is 2.38. The van der Waals surface area contributed by atoms with Crippen molar-refractivity contribution in [3.63, 3.8) is 0 Å². The largest absolute Gasteiger partial charge is 0.311 e. The van der Waals surface area contributed by atoms with E-state index in [4.69, 9.17) is 0 Å². The second-order valence-corrected chi connectivity index (χ2v) is 17.8. The van der Waals surface area contributed by atoms with Crippen LogP contribution in [-0.2, 0) is 5.41 Å². The van der Waals surface area contributed by atoms with Gasteiger partial charge in [0.15, 0.2) is 0 Å². The van der Waals surface area contributed by atoms with Gasteiger partial charge in [-0.25, -0.2) is 0 Å². The molecule has 0 unspecified atom stereocenters. The number of fused-ring (bicyclic) bond motifs is 6. The van der Waals surface area contributed by atoms with Crippen molar-refractivity contribution in [3.05, 3.63) is 252 Å². The molecule has 0 bridgehead atoms. The second-order valence-electron chi connectivity index (χ2n) is 17.8. The van der Waals surface area contributed by atoms with Crippen LogP contribution in [0.3, 0.4) is 0 Å². The lowest BCUT2D eigenvalue weighted by molar-refractivity contribution is 0.632. The average molecular weight is 834 g/mol. The summed E-state index contributed by atoms with van der Waals surface area (Å²) in [5.41, 5.74) is 12.4. The van der Waals surface area contributed by atoms with E-state index in [1.54, 1.807) is 0 Å². The Morgan fingerprint density at radius 1 is 0.369 bits per heavy atom. The van der Waals surface area contributed by atoms with Crippen LogP contribution in [0.25, 0.3) is 44.5 Å². The lowest BCUT2D eigenvalue weighted by atomic mass is 9.73. The summed E-state index contributed by atoms with van der Waals surface area (Å²) in [5, 5.41) is 9.80. The van der Waals surface area contributed by atoms with Crippen LogP contribution in [0, 0.1) is 0 Å². The van der Waals surface area contributed by atoms with Crippen molar-refractivity contribution < 1.29 is 0 Å². The van der Waals surface area contributed by atoms with Crippen LogP contribution in [0.2, 0.25) is 0 Å². The van der Waals surface area contributed by atoms with Crippen molar-refractivity contribution in [2.75, 3.05) is 14.7 Å². The van der Waals surface area contributed by atoms with Gasteiger partial charge in [0, 0.05) is 45.2 Å². The summed E-state index contributed by atoms with van der Waals surface area (Å²) >= 11 is 0. The quantitative estimate of drug-likeness (QED) is 0.158. The first kappa shape index (κ1) is 38.5. The molecule has 10 aromatic carbocycles. The van der Waals surface area contributed by atoms with Gasteiger partial charge in [0.05, 0.1) is 11.4 Å². The SMILES string of the molecule is CC1(C)c2cc(N(C3=CCC=c4ccccc4=C3)c3ccc4ccccc4c3)ccc2N(c2ccccc2)c2ccc(N(c3ccc4ccccc4c3)c3ccc4ccccc4c3)cc21. The minimum atomic E-state index is -0.391. The van der Waals surface area contributed by atoms with Gasteiger partial charge >= 0.3 is 0 Å². The normalized spacial score (nSPS) is 13.8. The van der Waals surface area contributed by atoms with Gasteiger partial charge in [-0.1, -0.05) is 159 Å². The first-order valence-electron chi connectivity index (χ1n) is 22.6. The fourth-order valence-electron chi connectivity index (χ4n) is 10.2. The molecular weight excluding hydrogens is 787 g/mol. The molecule has 0 atom stereocenters. The molecule has 1 heterocycles. The summed E-state index contributed by atoms with van der Waals surface area (Å²) in [4.78, 5) is 7.35. The van der Waals surface area contributed by atoms with Crippen LogP contribution < -0.4 is 25.1 Å². The van der Waals surface area contributed by atoms with Gasteiger partial charge in [0.2, 0.25) is 0 Å². The van der Waals surface area contributed by atoms with Crippen molar-refractivity contribution in [1.82, 2.24) is 0 Å². The van der Waals surface area contributed by atoms with Gasteiger partial charge in [0.1, 0.15) is 0 Å². The van der Waals surface area contributed by atoms with E-state index in [2.05, 4.69) is 265 Å². The van der Waals surface area contributed by atoms with E-state index in [1.807, 2.05) is 0 Å². The monoisotopic (exact) mass is 833 g/mol. The summed E-state index contributed by atoms with van der Waals surface area (Å²) in [7, 11) is 0.